The molecule has 3 aromatic carbocycles. The second-order valence-electron chi connectivity index (χ2n) is 8.88. The Bertz CT molecular complexity index is 1230. The van der Waals surface area contributed by atoms with Crippen LogP contribution in [0, 0.1) is 22.8 Å². The normalized spacial score (nSPS) is 15.0. The van der Waals surface area contributed by atoms with Gasteiger partial charge in [0.1, 0.15) is 6.61 Å². The maximum atomic E-state index is 12.9. The summed E-state index contributed by atoms with van der Waals surface area (Å²) in [6.07, 6.45) is 5.93. The van der Waals surface area contributed by atoms with Gasteiger partial charge in [0, 0.05) is 47.8 Å². The lowest BCUT2D eigenvalue weighted by Crippen LogP contribution is -2.49. The minimum absolute atomic E-state index is 0.0845. The van der Waals surface area contributed by atoms with Crippen LogP contribution in [0.4, 0.5) is 10.5 Å². The lowest BCUT2D eigenvalue weighted by Gasteiger charge is -2.36. The molecule has 0 N–H and O–H groups in total. The molecule has 1 aliphatic carbocycles. The number of carbonyl (C=O) groups excluding carboxylic acids is 1. The van der Waals surface area contributed by atoms with E-state index in [1.54, 1.807) is 0 Å². The highest BCUT2D eigenvalue weighted by Gasteiger charge is 2.30. The zero-order chi connectivity index (χ0) is 23.7. The fourth-order valence-corrected chi connectivity index (χ4v) is 5.76. The number of rotatable bonds is 4. The SMILES string of the molecule is C#CCc1cc(I)c(C)c(N2CCN(C(=O)OCC3c4ccccc4-c4ccccc43)CC2)c1. The number of hydrogen-bond acceptors (Lipinski definition) is 3. The fraction of sp³-hybridized carbons (Fsp3) is 0.276. The Kier molecular flexibility index (Phi) is 6.51. The summed E-state index contributed by atoms with van der Waals surface area (Å²) < 4.78 is 7.08. The lowest BCUT2D eigenvalue weighted by atomic mass is 9.98. The summed E-state index contributed by atoms with van der Waals surface area (Å²) in [6, 6.07) is 21.2. The van der Waals surface area contributed by atoms with Gasteiger partial charge in [-0.3, -0.25) is 0 Å². The molecule has 5 rings (SSSR count). The number of piperazine rings is 1. The van der Waals surface area contributed by atoms with E-state index in [1.807, 2.05) is 4.90 Å². The smallest absolute Gasteiger partial charge is 0.409 e. The van der Waals surface area contributed by atoms with E-state index in [1.165, 1.54) is 37.1 Å². The van der Waals surface area contributed by atoms with E-state index in [2.05, 4.69) is 101 Å². The molecule has 0 aromatic heterocycles. The summed E-state index contributed by atoms with van der Waals surface area (Å²) in [4.78, 5) is 17.1. The molecule has 1 saturated heterocycles. The number of anilines is 1. The van der Waals surface area contributed by atoms with Crippen molar-refractivity contribution in [3.05, 3.63) is 86.5 Å². The van der Waals surface area contributed by atoms with E-state index < -0.39 is 0 Å². The summed E-state index contributed by atoms with van der Waals surface area (Å²) in [5, 5.41) is 0. The monoisotopic (exact) mass is 562 g/mol. The molecule has 1 fully saturated rings. The van der Waals surface area contributed by atoms with Crippen LogP contribution in [0.25, 0.3) is 11.1 Å². The van der Waals surface area contributed by atoms with Crippen molar-refractivity contribution in [1.82, 2.24) is 4.90 Å². The Hall–Kier alpha value is -2.98. The molecular weight excluding hydrogens is 535 g/mol. The number of nitrogens with zero attached hydrogens (tertiary/aromatic N) is 2. The predicted octanol–water partition coefficient (Wildman–Crippen LogP) is 5.85. The van der Waals surface area contributed by atoms with E-state index in [0.29, 0.717) is 26.1 Å². The highest BCUT2D eigenvalue weighted by atomic mass is 127. The zero-order valence-electron chi connectivity index (χ0n) is 19.3. The Morgan fingerprint density at radius 1 is 1.03 bits per heavy atom. The number of fused-ring (bicyclic) bond motifs is 3. The third kappa shape index (κ3) is 4.27. The van der Waals surface area contributed by atoms with E-state index in [9.17, 15) is 4.79 Å². The zero-order valence-corrected chi connectivity index (χ0v) is 21.4. The number of amides is 1. The van der Waals surface area contributed by atoms with Crippen molar-refractivity contribution in [3.63, 3.8) is 0 Å². The molecule has 34 heavy (non-hydrogen) atoms. The van der Waals surface area contributed by atoms with Crippen LogP contribution in [0.15, 0.2) is 60.7 Å². The second-order valence-corrected chi connectivity index (χ2v) is 10.0. The van der Waals surface area contributed by atoms with Gasteiger partial charge in [0.15, 0.2) is 0 Å². The van der Waals surface area contributed by atoms with Gasteiger partial charge in [0.05, 0.1) is 0 Å². The minimum atomic E-state index is -0.228. The van der Waals surface area contributed by atoms with Gasteiger partial charge in [0.25, 0.3) is 0 Å². The molecule has 1 heterocycles. The maximum Gasteiger partial charge on any atom is 0.409 e. The maximum absolute atomic E-state index is 12.9. The molecule has 5 heteroatoms. The van der Waals surface area contributed by atoms with Crippen molar-refractivity contribution in [1.29, 1.82) is 0 Å². The van der Waals surface area contributed by atoms with Crippen LogP contribution < -0.4 is 4.90 Å². The summed E-state index contributed by atoms with van der Waals surface area (Å²) in [5.41, 5.74) is 8.58. The molecule has 3 aromatic rings. The number of carbonyl (C=O) groups is 1. The first kappa shape index (κ1) is 22.8. The Morgan fingerprint density at radius 2 is 1.65 bits per heavy atom. The van der Waals surface area contributed by atoms with Gasteiger partial charge in [-0.05, 0) is 75.0 Å². The molecule has 0 saturated carbocycles. The predicted molar refractivity (Wildman–Crippen MR) is 145 cm³/mol. The molecule has 0 spiro atoms. The molecule has 4 nitrogen and oxygen atoms in total. The first-order valence-corrected chi connectivity index (χ1v) is 12.7. The molecule has 0 bridgehead atoms. The molecular formula is C29H27IN2O2. The van der Waals surface area contributed by atoms with Gasteiger partial charge < -0.3 is 14.5 Å². The van der Waals surface area contributed by atoms with Crippen LogP contribution in [0.2, 0.25) is 0 Å². The van der Waals surface area contributed by atoms with Crippen LogP contribution in [-0.4, -0.2) is 43.8 Å². The summed E-state index contributed by atoms with van der Waals surface area (Å²) in [5.74, 6) is 2.83. The highest BCUT2D eigenvalue weighted by molar-refractivity contribution is 14.1. The number of terminal acetylenes is 1. The average molecular weight is 562 g/mol. The van der Waals surface area contributed by atoms with Crippen LogP contribution in [0.3, 0.4) is 0 Å². The molecule has 0 atom stereocenters. The highest BCUT2D eigenvalue weighted by Crippen LogP contribution is 2.44. The van der Waals surface area contributed by atoms with E-state index in [4.69, 9.17) is 11.2 Å². The van der Waals surface area contributed by atoms with Gasteiger partial charge in [0.2, 0.25) is 0 Å². The molecule has 172 valence electrons. The quantitative estimate of drug-likeness (QED) is 0.296. The number of ether oxygens (including phenoxy) is 1. The van der Waals surface area contributed by atoms with Gasteiger partial charge in [-0.25, -0.2) is 4.79 Å². The average Bonchev–Trinajstić information content (AvgIpc) is 3.18. The largest absolute Gasteiger partial charge is 0.448 e. The Balaban J connectivity index is 1.23. The summed E-state index contributed by atoms with van der Waals surface area (Å²) in [6.45, 7) is 5.35. The minimum Gasteiger partial charge on any atom is -0.448 e. The van der Waals surface area contributed by atoms with Crippen LogP contribution in [-0.2, 0) is 11.2 Å². The van der Waals surface area contributed by atoms with E-state index in [-0.39, 0.29) is 12.0 Å². The van der Waals surface area contributed by atoms with Crippen molar-refractivity contribution >= 4 is 34.4 Å². The standard InChI is InChI=1S/C29H27IN2O2/c1-3-8-21-17-27(30)20(2)28(18-21)31-13-15-32(16-14-31)29(33)34-19-26-24-11-6-4-9-22(24)23-10-5-7-12-25(23)26/h1,4-7,9-12,17-18,26H,8,13-16,19H2,2H3. The van der Waals surface area contributed by atoms with E-state index >= 15 is 0 Å². The van der Waals surface area contributed by atoms with Crippen molar-refractivity contribution in [3.8, 4) is 23.5 Å². The van der Waals surface area contributed by atoms with Gasteiger partial charge in [-0.2, -0.15) is 0 Å². The van der Waals surface area contributed by atoms with Crippen LogP contribution in [0.1, 0.15) is 28.2 Å². The van der Waals surface area contributed by atoms with Crippen molar-refractivity contribution in [2.75, 3.05) is 37.7 Å². The third-order valence-electron chi connectivity index (χ3n) is 6.90. The van der Waals surface area contributed by atoms with Crippen molar-refractivity contribution in [2.24, 2.45) is 0 Å². The van der Waals surface area contributed by atoms with Gasteiger partial charge >= 0.3 is 6.09 Å². The second kappa shape index (κ2) is 9.71. The van der Waals surface area contributed by atoms with Crippen molar-refractivity contribution in [2.45, 2.75) is 19.3 Å². The van der Waals surface area contributed by atoms with Gasteiger partial charge in [-0.1, -0.05) is 48.5 Å². The first-order valence-electron chi connectivity index (χ1n) is 11.6. The number of benzene rings is 3. The van der Waals surface area contributed by atoms with Gasteiger partial charge in [-0.15, -0.1) is 12.3 Å². The molecule has 2 aliphatic rings. The third-order valence-corrected chi connectivity index (χ3v) is 8.02. The number of hydrogen-bond donors (Lipinski definition) is 0. The summed E-state index contributed by atoms with van der Waals surface area (Å²) >= 11 is 2.38. The first-order chi connectivity index (χ1) is 16.6. The Labute approximate surface area is 215 Å². The van der Waals surface area contributed by atoms with Crippen LogP contribution in [0.5, 0.6) is 0 Å². The van der Waals surface area contributed by atoms with Crippen LogP contribution >= 0.6 is 22.6 Å². The Morgan fingerprint density at radius 3 is 2.26 bits per heavy atom. The van der Waals surface area contributed by atoms with E-state index in [0.717, 1.165) is 18.7 Å². The summed E-state index contributed by atoms with van der Waals surface area (Å²) in [7, 11) is 0. The molecule has 1 aliphatic heterocycles. The fourth-order valence-electron chi connectivity index (χ4n) is 5.08. The molecule has 1 amide bonds. The molecule has 0 radical (unpaired) electrons. The number of halogens is 1. The molecule has 0 unspecified atom stereocenters. The topological polar surface area (TPSA) is 32.8 Å². The van der Waals surface area contributed by atoms with Crippen molar-refractivity contribution < 1.29 is 9.53 Å². The lowest BCUT2D eigenvalue weighted by molar-refractivity contribution is 0.0977.